The summed E-state index contributed by atoms with van der Waals surface area (Å²) in [5, 5.41) is 0.923. The number of rotatable bonds is 4. The van der Waals surface area contributed by atoms with E-state index in [1.54, 1.807) is 20.1 Å². The van der Waals surface area contributed by atoms with E-state index in [1.807, 2.05) is 0 Å². The second kappa shape index (κ2) is 5.48. The van der Waals surface area contributed by atoms with E-state index in [1.165, 1.54) is 11.8 Å². The van der Waals surface area contributed by atoms with Crippen LogP contribution in [0.25, 0.3) is 0 Å². The summed E-state index contributed by atoms with van der Waals surface area (Å²) >= 11 is 1.29. The number of thioether (sulfide) groups is 1. The molecule has 0 aliphatic carbocycles. The molecule has 0 aromatic heterocycles. The first kappa shape index (κ1) is 15.9. The van der Waals surface area contributed by atoms with Gasteiger partial charge in [0.25, 0.3) is 5.91 Å². The van der Waals surface area contributed by atoms with Crippen LogP contribution >= 0.6 is 11.8 Å². The van der Waals surface area contributed by atoms with E-state index in [4.69, 9.17) is 0 Å². The summed E-state index contributed by atoms with van der Waals surface area (Å²) in [6.07, 6.45) is -2.70. The number of urea groups is 1. The summed E-state index contributed by atoms with van der Waals surface area (Å²) < 4.78 is 35.9. The van der Waals surface area contributed by atoms with Crippen molar-refractivity contribution in [2.45, 2.75) is 24.8 Å². The van der Waals surface area contributed by atoms with Crippen molar-refractivity contribution in [2.24, 2.45) is 0 Å². The maximum atomic E-state index is 12.2. The van der Waals surface area contributed by atoms with Crippen LogP contribution < -0.4 is 5.43 Å². The Morgan fingerprint density at radius 2 is 1.95 bits per heavy atom. The van der Waals surface area contributed by atoms with Gasteiger partial charge in [0.1, 0.15) is 6.54 Å². The number of carbonyl (C=O) groups excluding carboxylic acids is 2. The zero-order valence-electron chi connectivity index (χ0n) is 10.9. The molecule has 0 aromatic rings. The van der Waals surface area contributed by atoms with E-state index >= 15 is 0 Å². The number of halogens is 3. The first-order valence-corrected chi connectivity index (χ1v) is 6.79. The van der Waals surface area contributed by atoms with E-state index in [2.05, 4.69) is 5.43 Å². The van der Waals surface area contributed by atoms with Gasteiger partial charge < -0.3 is 4.90 Å². The topological polar surface area (TPSA) is 52.7 Å². The van der Waals surface area contributed by atoms with Gasteiger partial charge in [0.2, 0.25) is 0 Å². The highest BCUT2D eigenvalue weighted by molar-refractivity contribution is 8.00. The smallest absolute Gasteiger partial charge is 0.312 e. The lowest BCUT2D eigenvalue weighted by atomic mass is 10.2. The zero-order chi connectivity index (χ0) is 14.8. The molecular weight excluding hydrogens is 283 g/mol. The van der Waals surface area contributed by atoms with Crippen LogP contribution in [0, 0.1) is 0 Å². The number of amides is 3. The van der Waals surface area contributed by atoms with Crippen molar-refractivity contribution in [1.82, 2.24) is 15.3 Å². The van der Waals surface area contributed by atoms with E-state index in [9.17, 15) is 22.8 Å². The molecule has 0 bridgehead atoms. The van der Waals surface area contributed by atoms with Crippen molar-refractivity contribution in [1.29, 1.82) is 0 Å². The quantitative estimate of drug-likeness (QED) is 0.855. The predicted octanol–water partition coefficient (Wildman–Crippen LogP) is 1.46. The molecule has 1 fully saturated rings. The number of hydrogen-bond donors (Lipinski definition) is 1. The minimum Gasteiger partial charge on any atom is -0.312 e. The van der Waals surface area contributed by atoms with Gasteiger partial charge in [-0.3, -0.25) is 10.2 Å². The van der Waals surface area contributed by atoms with Crippen molar-refractivity contribution >= 4 is 23.7 Å². The maximum absolute atomic E-state index is 12.2. The van der Waals surface area contributed by atoms with Crippen LogP contribution in [-0.4, -0.2) is 58.7 Å². The summed E-state index contributed by atoms with van der Waals surface area (Å²) in [5.74, 6) is -0.415. The Labute approximate surface area is 113 Å². The molecule has 1 aliphatic heterocycles. The number of alkyl halides is 3. The molecule has 0 atom stereocenters. The van der Waals surface area contributed by atoms with Gasteiger partial charge in [-0.1, -0.05) is 0 Å². The van der Waals surface area contributed by atoms with E-state index < -0.39 is 29.4 Å². The summed E-state index contributed by atoms with van der Waals surface area (Å²) in [4.78, 5) is 24.1. The molecule has 5 nitrogen and oxygen atoms in total. The van der Waals surface area contributed by atoms with Gasteiger partial charge in [-0.15, -0.1) is 11.8 Å². The Morgan fingerprint density at radius 3 is 2.42 bits per heavy atom. The fourth-order valence-corrected chi connectivity index (χ4v) is 1.63. The molecule has 19 heavy (non-hydrogen) atoms. The van der Waals surface area contributed by atoms with Crippen molar-refractivity contribution in [3.8, 4) is 0 Å². The molecule has 1 heterocycles. The molecule has 0 unspecified atom stereocenters. The third-order valence-electron chi connectivity index (χ3n) is 2.76. The Morgan fingerprint density at radius 1 is 1.37 bits per heavy atom. The molecule has 110 valence electrons. The highest BCUT2D eigenvalue weighted by Crippen LogP contribution is 2.22. The number of nitrogens with zero attached hydrogens (tertiary/aromatic N) is 2. The Balaban J connectivity index is 2.60. The van der Waals surface area contributed by atoms with Crippen LogP contribution in [0.5, 0.6) is 0 Å². The highest BCUT2D eigenvalue weighted by Gasteiger charge is 2.39. The van der Waals surface area contributed by atoms with Crippen LogP contribution in [0.15, 0.2) is 0 Å². The number of nitrogens with one attached hydrogen (secondary N) is 1. The van der Waals surface area contributed by atoms with Gasteiger partial charge in [-0.2, -0.15) is 13.2 Å². The van der Waals surface area contributed by atoms with Crippen molar-refractivity contribution in [3.05, 3.63) is 0 Å². The molecule has 0 saturated carbocycles. The fraction of sp³-hybridized carbons (Fsp3) is 0.800. The van der Waals surface area contributed by atoms with Crippen LogP contribution in [-0.2, 0) is 4.79 Å². The van der Waals surface area contributed by atoms with Gasteiger partial charge in [-0.25, -0.2) is 9.80 Å². The lowest BCUT2D eigenvalue weighted by Crippen LogP contribution is -2.51. The van der Waals surface area contributed by atoms with Crippen LogP contribution in [0.2, 0.25) is 0 Å². The minimum atomic E-state index is -4.44. The van der Waals surface area contributed by atoms with E-state index in [0.29, 0.717) is 4.90 Å². The van der Waals surface area contributed by atoms with E-state index in [-0.39, 0.29) is 13.1 Å². The Hall–Kier alpha value is -1.12. The molecule has 3 amide bonds. The largest absolute Gasteiger partial charge is 0.406 e. The zero-order valence-corrected chi connectivity index (χ0v) is 11.7. The number of hydrazine groups is 1. The molecule has 1 saturated heterocycles. The van der Waals surface area contributed by atoms with E-state index in [0.717, 1.165) is 5.01 Å². The first-order valence-electron chi connectivity index (χ1n) is 5.56. The van der Waals surface area contributed by atoms with Gasteiger partial charge in [0, 0.05) is 6.54 Å². The molecule has 1 rings (SSSR count). The molecule has 1 N–H and O–H groups in total. The van der Waals surface area contributed by atoms with Crippen LogP contribution in [0.1, 0.15) is 13.8 Å². The van der Waals surface area contributed by atoms with Crippen molar-refractivity contribution in [2.75, 3.05) is 25.9 Å². The second-order valence-electron chi connectivity index (χ2n) is 4.63. The predicted molar refractivity (Wildman–Crippen MR) is 65.5 cm³/mol. The molecule has 0 radical (unpaired) electrons. The van der Waals surface area contributed by atoms with Crippen LogP contribution in [0.4, 0.5) is 18.0 Å². The SMILES string of the molecule is CSC(C)(C)C(=O)NN1CCN(CC(F)(F)F)C1=O. The molecule has 9 heteroatoms. The summed E-state index contributed by atoms with van der Waals surface area (Å²) in [6, 6.07) is -0.831. The third-order valence-corrected chi connectivity index (χ3v) is 3.96. The first-order chi connectivity index (χ1) is 8.57. The summed E-state index contributed by atoms with van der Waals surface area (Å²) in [7, 11) is 0. The monoisotopic (exact) mass is 299 g/mol. The maximum Gasteiger partial charge on any atom is 0.406 e. The normalized spacial score (nSPS) is 17.1. The van der Waals surface area contributed by atoms with Gasteiger partial charge in [0.05, 0.1) is 11.3 Å². The fourth-order valence-electron chi connectivity index (χ4n) is 1.40. The van der Waals surface area contributed by atoms with Gasteiger partial charge >= 0.3 is 12.2 Å². The lowest BCUT2D eigenvalue weighted by molar-refractivity contribution is -0.138. The Kier molecular flexibility index (Phi) is 4.59. The van der Waals surface area contributed by atoms with Crippen molar-refractivity contribution in [3.63, 3.8) is 0 Å². The Bertz CT molecular complexity index is 374. The van der Waals surface area contributed by atoms with Gasteiger partial charge in [0.15, 0.2) is 0 Å². The van der Waals surface area contributed by atoms with Crippen molar-refractivity contribution < 1.29 is 22.8 Å². The number of hydrogen-bond acceptors (Lipinski definition) is 3. The average molecular weight is 299 g/mol. The minimum absolute atomic E-state index is 0.0467. The van der Waals surface area contributed by atoms with Gasteiger partial charge in [-0.05, 0) is 20.1 Å². The number of carbonyl (C=O) groups is 2. The molecule has 1 aliphatic rings. The molecule has 0 spiro atoms. The summed E-state index contributed by atoms with van der Waals surface area (Å²) in [6.45, 7) is 2.02. The second-order valence-corrected chi connectivity index (χ2v) is 6.06. The third kappa shape index (κ3) is 4.19. The average Bonchev–Trinajstić information content (AvgIpc) is 2.59. The standard InChI is InChI=1S/C10H16F3N3O2S/c1-9(2,19-3)7(17)14-16-5-4-15(8(16)18)6-10(11,12)13/h4-6H2,1-3H3,(H,14,17). The summed E-state index contributed by atoms with van der Waals surface area (Å²) in [5.41, 5.74) is 2.35. The highest BCUT2D eigenvalue weighted by atomic mass is 32.2. The van der Waals surface area contributed by atoms with Crippen LogP contribution in [0.3, 0.4) is 0 Å². The molecule has 0 aromatic carbocycles. The lowest BCUT2D eigenvalue weighted by Gasteiger charge is -2.25. The molecular formula is C10H16F3N3O2S.